The van der Waals surface area contributed by atoms with E-state index >= 15 is 0 Å². The summed E-state index contributed by atoms with van der Waals surface area (Å²) in [6, 6.07) is 19.1. The molecule has 1 heterocycles. The normalized spacial score (nSPS) is 11.0. The number of nitrogens with zero attached hydrogens (tertiary/aromatic N) is 4. The number of hydrogen-bond acceptors (Lipinski definition) is 3. The maximum atomic E-state index is 9.43. The molecule has 2 aromatic carbocycles. The quantitative estimate of drug-likeness (QED) is 0.670. The largest absolute Gasteiger partial charge is 0.290 e. The lowest BCUT2D eigenvalue weighted by atomic mass is 10.1. The summed E-state index contributed by atoms with van der Waals surface area (Å²) >= 11 is 0. The second-order valence-corrected chi connectivity index (χ2v) is 4.44. The number of para-hydroxylation sites is 2. The van der Waals surface area contributed by atoms with E-state index in [2.05, 4.69) is 17.1 Å². The first-order chi connectivity index (χ1) is 10.3. The minimum atomic E-state index is 0.423. The van der Waals surface area contributed by atoms with Gasteiger partial charge in [0.05, 0.1) is 22.7 Å². The predicted octanol–water partition coefficient (Wildman–Crippen LogP) is 3.43. The minimum Gasteiger partial charge on any atom is -0.290 e. The molecule has 4 nitrogen and oxygen atoms in total. The first-order valence-electron chi connectivity index (χ1n) is 6.37. The smallest absolute Gasteiger partial charge is 0.126 e. The predicted molar refractivity (Wildman–Crippen MR) is 80.7 cm³/mol. The zero-order valence-corrected chi connectivity index (χ0v) is 11.1. The van der Waals surface area contributed by atoms with Crippen molar-refractivity contribution in [3.63, 3.8) is 0 Å². The van der Waals surface area contributed by atoms with Crippen LogP contribution in [0.1, 0.15) is 11.1 Å². The molecule has 0 spiro atoms. The highest BCUT2D eigenvalue weighted by atomic mass is 15.1. The molecule has 4 heteroatoms. The van der Waals surface area contributed by atoms with Crippen LogP contribution in [-0.4, -0.2) is 9.55 Å². The van der Waals surface area contributed by atoms with Gasteiger partial charge in [0.2, 0.25) is 0 Å². The van der Waals surface area contributed by atoms with Crippen molar-refractivity contribution in [2.45, 2.75) is 0 Å². The van der Waals surface area contributed by atoms with Gasteiger partial charge in [0.1, 0.15) is 18.1 Å². The van der Waals surface area contributed by atoms with Gasteiger partial charge in [-0.05, 0) is 29.8 Å². The van der Waals surface area contributed by atoms with Crippen molar-refractivity contribution in [3.05, 3.63) is 66.0 Å². The van der Waals surface area contributed by atoms with Crippen LogP contribution in [0.2, 0.25) is 0 Å². The van der Waals surface area contributed by atoms with Crippen molar-refractivity contribution in [1.29, 1.82) is 10.5 Å². The van der Waals surface area contributed by atoms with Gasteiger partial charge in [-0.3, -0.25) is 4.57 Å². The molecule has 0 saturated carbocycles. The summed E-state index contributed by atoms with van der Waals surface area (Å²) in [7, 11) is 0. The number of imidazole rings is 1. The van der Waals surface area contributed by atoms with E-state index < -0.39 is 0 Å². The standard InChI is InChI=1S/C17H10N4/c18-10-14-6-2-1-5-13(14)9-15(11-19)21-12-20-16-7-3-4-8-17(16)21/h1-9,12H. The van der Waals surface area contributed by atoms with Crippen LogP contribution in [0, 0.1) is 22.7 Å². The third-order valence-electron chi connectivity index (χ3n) is 3.20. The molecule has 1 aromatic heterocycles. The topological polar surface area (TPSA) is 65.4 Å². The molecule has 0 aliphatic carbocycles. The lowest BCUT2D eigenvalue weighted by Crippen LogP contribution is -1.93. The maximum Gasteiger partial charge on any atom is 0.126 e. The minimum absolute atomic E-state index is 0.423. The van der Waals surface area contributed by atoms with Crippen LogP contribution in [0.3, 0.4) is 0 Å². The average Bonchev–Trinajstić information content (AvgIpc) is 2.97. The van der Waals surface area contributed by atoms with Crippen molar-refractivity contribution in [1.82, 2.24) is 9.55 Å². The molecule has 0 aliphatic rings. The first kappa shape index (κ1) is 12.7. The molecule has 0 N–H and O–H groups in total. The van der Waals surface area contributed by atoms with Crippen molar-refractivity contribution < 1.29 is 0 Å². The van der Waals surface area contributed by atoms with Crippen molar-refractivity contribution >= 4 is 22.8 Å². The molecule has 3 rings (SSSR count). The third-order valence-corrected chi connectivity index (χ3v) is 3.20. The first-order valence-corrected chi connectivity index (χ1v) is 6.37. The number of fused-ring (bicyclic) bond motifs is 1. The lowest BCUT2D eigenvalue weighted by Gasteiger charge is -2.03. The van der Waals surface area contributed by atoms with E-state index in [1.54, 1.807) is 29.1 Å². The summed E-state index contributed by atoms with van der Waals surface area (Å²) in [5.74, 6) is 0. The second kappa shape index (κ2) is 5.32. The number of benzene rings is 2. The fraction of sp³-hybridized carbons (Fsp3) is 0. The Bertz CT molecular complexity index is 920. The Morgan fingerprint density at radius 3 is 2.62 bits per heavy atom. The molecule has 0 radical (unpaired) electrons. The van der Waals surface area contributed by atoms with Crippen molar-refractivity contribution in [2.75, 3.05) is 0 Å². The van der Waals surface area contributed by atoms with Crippen molar-refractivity contribution in [3.8, 4) is 12.1 Å². The highest BCUT2D eigenvalue weighted by molar-refractivity contribution is 5.88. The number of rotatable bonds is 2. The Kier molecular flexibility index (Phi) is 3.21. The second-order valence-electron chi connectivity index (χ2n) is 4.44. The summed E-state index contributed by atoms with van der Waals surface area (Å²) in [4.78, 5) is 4.28. The van der Waals surface area contributed by atoms with Gasteiger partial charge < -0.3 is 0 Å². The van der Waals surface area contributed by atoms with E-state index in [1.165, 1.54) is 0 Å². The monoisotopic (exact) mass is 270 g/mol. The highest BCUT2D eigenvalue weighted by Crippen LogP contribution is 2.20. The Balaban J connectivity index is 2.17. The summed E-state index contributed by atoms with van der Waals surface area (Å²) in [6.45, 7) is 0. The number of nitriles is 2. The van der Waals surface area contributed by atoms with Crippen LogP contribution in [0.4, 0.5) is 0 Å². The summed E-state index contributed by atoms with van der Waals surface area (Å²) in [6.07, 6.45) is 3.32. The summed E-state index contributed by atoms with van der Waals surface area (Å²) in [5, 5.41) is 18.6. The lowest BCUT2D eigenvalue weighted by molar-refractivity contribution is 1.14. The summed E-state index contributed by atoms with van der Waals surface area (Å²) < 4.78 is 1.73. The number of hydrogen-bond donors (Lipinski definition) is 0. The Morgan fingerprint density at radius 1 is 1.05 bits per heavy atom. The van der Waals surface area contributed by atoms with Crippen LogP contribution < -0.4 is 0 Å². The van der Waals surface area contributed by atoms with Gasteiger partial charge in [-0.25, -0.2) is 4.98 Å². The Morgan fingerprint density at radius 2 is 1.81 bits per heavy atom. The van der Waals surface area contributed by atoms with E-state index in [0.29, 0.717) is 16.8 Å². The molecule has 0 aliphatic heterocycles. The molecule has 98 valence electrons. The van der Waals surface area contributed by atoms with E-state index in [-0.39, 0.29) is 0 Å². The van der Waals surface area contributed by atoms with Gasteiger partial charge in [0.15, 0.2) is 0 Å². The van der Waals surface area contributed by atoms with E-state index in [9.17, 15) is 5.26 Å². The highest BCUT2D eigenvalue weighted by Gasteiger charge is 2.07. The van der Waals surface area contributed by atoms with E-state index in [4.69, 9.17) is 5.26 Å². The average molecular weight is 270 g/mol. The molecular formula is C17H10N4. The zero-order valence-electron chi connectivity index (χ0n) is 11.1. The van der Waals surface area contributed by atoms with Crippen LogP contribution in [0.25, 0.3) is 22.8 Å². The molecule has 0 bridgehead atoms. The Labute approximate surface area is 121 Å². The molecule has 0 saturated heterocycles. The third kappa shape index (κ3) is 2.27. The van der Waals surface area contributed by atoms with Gasteiger partial charge >= 0.3 is 0 Å². The fourth-order valence-electron chi connectivity index (χ4n) is 2.18. The molecule has 21 heavy (non-hydrogen) atoms. The van der Waals surface area contributed by atoms with Crippen LogP contribution >= 0.6 is 0 Å². The fourth-order valence-corrected chi connectivity index (χ4v) is 2.18. The molecule has 0 unspecified atom stereocenters. The zero-order chi connectivity index (χ0) is 14.7. The molecule has 3 aromatic rings. The molecular weight excluding hydrogens is 260 g/mol. The molecule has 0 amide bonds. The van der Waals surface area contributed by atoms with Gasteiger partial charge in [0, 0.05) is 0 Å². The number of allylic oxidation sites excluding steroid dienone is 1. The van der Waals surface area contributed by atoms with Crippen LogP contribution in [0.5, 0.6) is 0 Å². The molecule has 0 atom stereocenters. The van der Waals surface area contributed by atoms with Gasteiger partial charge in [-0.2, -0.15) is 10.5 Å². The SMILES string of the molecule is N#CC(=Cc1ccccc1C#N)n1cnc2ccccc21. The Hall–Kier alpha value is -3.37. The number of aromatic nitrogens is 2. The van der Waals surface area contributed by atoms with Crippen molar-refractivity contribution in [2.24, 2.45) is 0 Å². The van der Waals surface area contributed by atoms with Crippen LogP contribution in [0.15, 0.2) is 54.9 Å². The molecule has 0 fully saturated rings. The summed E-state index contributed by atoms with van der Waals surface area (Å²) in [5.41, 5.74) is 3.36. The van der Waals surface area contributed by atoms with Gasteiger partial charge in [-0.1, -0.05) is 30.3 Å². The maximum absolute atomic E-state index is 9.43. The van der Waals surface area contributed by atoms with Gasteiger partial charge in [0.25, 0.3) is 0 Å². The van der Waals surface area contributed by atoms with Gasteiger partial charge in [-0.15, -0.1) is 0 Å². The van der Waals surface area contributed by atoms with Crippen LogP contribution in [-0.2, 0) is 0 Å². The van der Waals surface area contributed by atoms with E-state index in [1.807, 2.05) is 36.4 Å². The van der Waals surface area contributed by atoms with E-state index in [0.717, 1.165) is 11.0 Å².